The Morgan fingerprint density at radius 1 is 1.06 bits per heavy atom. The van der Waals surface area contributed by atoms with Crippen LogP contribution in [0.4, 0.5) is 5.69 Å². The van der Waals surface area contributed by atoms with Crippen LogP contribution >= 0.6 is 0 Å². The Morgan fingerprint density at radius 3 is 2.72 bits per heavy atom. The van der Waals surface area contributed by atoms with Gasteiger partial charge in [-0.25, -0.2) is 15.0 Å². The molecule has 0 aliphatic rings. The Kier molecular flexibility index (Phi) is 5.23. The predicted molar refractivity (Wildman–Crippen MR) is 139 cm³/mol. The smallest absolute Gasteiger partial charge is 0.181 e. The van der Waals surface area contributed by atoms with Gasteiger partial charge in [0, 0.05) is 29.7 Å². The highest BCUT2D eigenvalue weighted by Gasteiger charge is 2.16. The van der Waals surface area contributed by atoms with Crippen LogP contribution in [0.5, 0.6) is 0 Å². The molecule has 36 heavy (non-hydrogen) atoms. The van der Waals surface area contributed by atoms with Crippen molar-refractivity contribution in [2.45, 2.75) is 27.0 Å². The highest BCUT2D eigenvalue weighted by molar-refractivity contribution is 5.94. The van der Waals surface area contributed by atoms with Crippen molar-refractivity contribution in [2.75, 3.05) is 5.32 Å². The highest BCUT2D eigenvalue weighted by atomic mass is 16.3. The average molecular weight is 480 g/mol. The maximum Gasteiger partial charge on any atom is 0.181 e. The lowest BCUT2D eigenvalue weighted by molar-refractivity contribution is 0.153. The van der Waals surface area contributed by atoms with E-state index in [9.17, 15) is 5.11 Å². The summed E-state index contributed by atoms with van der Waals surface area (Å²) in [5.74, 6) is 0.742. The number of aliphatic hydroxyl groups excluding tert-OH is 1. The number of anilines is 1. The largest absolute Gasteiger partial charge is 0.374 e. The number of nitrogens with one attached hydrogen (secondary N) is 3. The third-order valence-corrected chi connectivity index (χ3v) is 6.15. The van der Waals surface area contributed by atoms with Gasteiger partial charge >= 0.3 is 0 Å². The summed E-state index contributed by atoms with van der Waals surface area (Å²) in [6.45, 7) is 5.86. The molecular weight excluding hydrogens is 454 g/mol. The minimum absolute atomic E-state index is 0.0716. The second-order valence-electron chi connectivity index (χ2n) is 9.17. The van der Waals surface area contributed by atoms with Crippen molar-refractivity contribution in [3.8, 4) is 28.3 Å². The summed E-state index contributed by atoms with van der Waals surface area (Å²) in [7, 11) is 0. The average Bonchev–Trinajstić information content (AvgIpc) is 3.61. The van der Waals surface area contributed by atoms with Gasteiger partial charge in [-0.05, 0) is 37.1 Å². The Bertz CT molecular complexity index is 1690. The molecule has 0 bridgehead atoms. The molecule has 0 saturated carbocycles. The number of fused-ring (bicyclic) bond motifs is 2. The van der Waals surface area contributed by atoms with E-state index in [1.165, 1.54) is 0 Å². The summed E-state index contributed by atoms with van der Waals surface area (Å²) in [6.07, 6.45) is 8.34. The van der Waals surface area contributed by atoms with Crippen molar-refractivity contribution in [3.63, 3.8) is 0 Å². The fourth-order valence-electron chi connectivity index (χ4n) is 4.15. The molecule has 1 atom stereocenters. The molecule has 10 heteroatoms. The minimum atomic E-state index is -0.660. The SMILES string of the molecule is Cc1cn(-c2cccc3[nH]c(-c4[nH]nc5ncc(-c6cncc(NC(O)C(C)C)c6)cc45)nc23)cn1. The van der Waals surface area contributed by atoms with Crippen LogP contribution in [0.3, 0.4) is 0 Å². The summed E-state index contributed by atoms with van der Waals surface area (Å²) >= 11 is 0. The molecule has 1 unspecified atom stereocenters. The van der Waals surface area contributed by atoms with Gasteiger partial charge in [-0.15, -0.1) is 0 Å². The van der Waals surface area contributed by atoms with E-state index in [1.807, 2.05) is 61.9 Å². The molecule has 0 aliphatic carbocycles. The van der Waals surface area contributed by atoms with Crippen LogP contribution in [0.25, 0.3) is 50.4 Å². The number of imidazole rings is 2. The van der Waals surface area contributed by atoms with E-state index in [2.05, 4.69) is 35.5 Å². The third kappa shape index (κ3) is 3.87. The molecule has 180 valence electrons. The topological polar surface area (TPSA) is 133 Å². The predicted octanol–water partition coefficient (Wildman–Crippen LogP) is 4.44. The summed E-state index contributed by atoms with van der Waals surface area (Å²) in [4.78, 5) is 21.6. The standard InChI is InChI=1S/C26H25N9O/c1-14(2)26(36)30-18-7-16(9-27-11-18)17-8-19-22(33-34-24(19)28-10-17)25-31-20-5-4-6-21(23(20)32-25)35-12-15(3)29-13-35/h4-14,26,30,36H,1-3H3,(H,31,32)(H,28,33,34). The molecule has 0 radical (unpaired) electrons. The zero-order chi connectivity index (χ0) is 24.8. The quantitative estimate of drug-likeness (QED) is 0.260. The normalized spacial score (nSPS) is 12.6. The van der Waals surface area contributed by atoms with Crippen LogP contribution < -0.4 is 5.32 Å². The van der Waals surface area contributed by atoms with Crippen LogP contribution in [0, 0.1) is 12.8 Å². The lowest BCUT2D eigenvalue weighted by Crippen LogP contribution is -2.24. The number of benzene rings is 1. The minimum Gasteiger partial charge on any atom is -0.374 e. The van der Waals surface area contributed by atoms with Gasteiger partial charge in [-0.2, -0.15) is 5.10 Å². The van der Waals surface area contributed by atoms with Crippen molar-refractivity contribution >= 4 is 27.8 Å². The molecule has 6 aromatic rings. The third-order valence-electron chi connectivity index (χ3n) is 6.15. The van der Waals surface area contributed by atoms with Gasteiger partial charge in [-0.3, -0.25) is 10.1 Å². The maximum absolute atomic E-state index is 10.2. The molecule has 6 rings (SSSR count). The van der Waals surface area contributed by atoms with Gasteiger partial charge in [0.1, 0.15) is 17.4 Å². The van der Waals surface area contributed by atoms with Crippen molar-refractivity contribution in [2.24, 2.45) is 5.92 Å². The monoisotopic (exact) mass is 479 g/mol. The second-order valence-corrected chi connectivity index (χ2v) is 9.17. The number of para-hydroxylation sites is 1. The molecule has 0 amide bonds. The van der Waals surface area contributed by atoms with E-state index in [0.29, 0.717) is 11.5 Å². The van der Waals surface area contributed by atoms with Crippen LogP contribution in [0.2, 0.25) is 0 Å². The van der Waals surface area contributed by atoms with E-state index < -0.39 is 6.23 Å². The first-order chi connectivity index (χ1) is 17.5. The van der Waals surface area contributed by atoms with Gasteiger partial charge < -0.3 is 20.0 Å². The fourth-order valence-corrected chi connectivity index (χ4v) is 4.15. The van der Waals surface area contributed by atoms with Gasteiger partial charge in [-0.1, -0.05) is 19.9 Å². The number of pyridine rings is 2. The molecule has 5 aromatic heterocycles. The summed E-state index contributed by atoms with van der Waals surface area (Å²) in [6, 6.07) is 9.97. The van der Waals surface area contributed by atoms with Crippen molar-refractivity contribution in [1.82, 2.24) is 39.7 Å². The molecule has 5 heterocycles. The number of aliphatic hydroxyl groups is 1. The Labute approximate surface area is 206 Å². The maximum atomic E-state index is 10.2. The zero-order valence-electron chi connectivity index (χ0n) is 20.1. The number of rotatable bonds is 6. The van der Waals surface area contributed by atoms with E-state index in [0.717, 1.165) is 50.3 Å². The van der Waals surface area contributed by atoms with Crippen molar-refractivity contribution in [3.05, 3.63) is 67.1 Å². The van der Waals surface area contributed by atoms with E-state index in [1.54, 1.807) is 24.9 Å². The summed E-state index contributed by atoms with van der Waals surface area (Å²) in [5.41, 5.74) is 7.46. The molecule has 0 aliphatic heterocycles. The number of aryl methyl sites for hydroxylation is 1. The number of H-pyrrole nitrogens is 2. The lowest BCUT2D eigenvalue weighted by Gasteiger charge is -2.17. The number of nitrogens with zero attached hydrogens (tertiary/aromatic N) is 6. The summed E-state index contributed by atoms with van der Waals surface area (Å²) in [5, 5.41) is 21.6. The number of aromatic amines is 2. The molecular formula is C26H25N9O. The van der Waals surface area contributed by atoms with Crippen LogP contribution in [0.1, 0.15) is 19.5 Å². The van der Waals surface area contributed by atoms with E-state index in [-0.39, 0.29) is 5.92 Å². The Balaban J connectivity index is 1.41. The summed E-state index contributed by atoms with van der Waals surface area (Å²) < 4.78 is 1.97. The van der Waals surface area contributed by atoms with Gasteiger partial charge in [0.15, 0.2) is 11.5 Å². The number of aromatic nitrogens is 8. The van der Waals surface area contributed by atoms with Crippen LogP contribution in [-0.4, -0.2) is 51.0 Å². The van der Waals surface area contributed by atoms with Gasteiger partial charge in [0.2, 0.25) is 0 Å². The molecule has 10 nitrogen and oxygen atoms in total. The second kappa shape index (κ2) is 8.58. The first-order valence-electron chi connectivity index (χ1n) is 11.7. The van der Waals surface area contributed by atoms with Crippen molar-refractivity contribution in [1.29, 1.82) is 0 Å². The lowest BCUT2D eigenvalue weighted by atomic mass is 10.1. The zero-order valence-corrected chi connectivity index (χ0v) is 20.1. The molecule has 0 saturated heterocycles. The Hall–Kier alpha value is -4.57. The van der Waals surface area contributed by atoms with E-state index >= 15 is 0 Å². The highest BCUT2D eigenvalue weighted by Crippen LogP contribution is 2.31. The van der Waals surface area contributed by atoms with Crippen LogP contribution in [-0.2, 0) is 0 Å². The fraction of sp³-hybridized carbons (Fsp3) is 0.192. The number of hydrogen-bond acceptors (Lipinski definition) is 7. The number of hydrogen-bond donors (Lipinski definition) is 4. The molecule has 1 aromatic carbocycles. The molecule has 0 spiro atoms. The van der Waals surface area contributed by atoms with Gasteiger partial charge in [0.05, 0.1) is 40.5 Å². The van der Waals surface area contributed by atoms with E-state index in [4.69, 9.17) is 4.98 Å². The molecule has 0 fully saturated rings. The van der Waals surface area contributed by atoms with Gasteiger partial charge in [0.25, 0.3) is 0 Å². The van der Waals surface area contributed by atoms with Crippen LogP contribution in [0.15, 0.2) is 61.4 Å². The van der Waals surface area contributed by atoms with Crippen molar-refractivity contribution < 1.29 is 5.11 Å². The first kappa shape index (κ1) is 21.9. The molecule has 4 N–H and O–H groups in total. The Morgan fingerprint density at radius 2 is 1.92 bits per heavy atom. The first-order valence-corrected chi connectivity index (χ1v) is 11.7.